The van der Waals surface area contributed by atoms with Crippen molar-refractivity contribution in [1.82, 2.24) is 5.32 Å². The van der Waals surface area contributed by atoms with Crippen molar-refractivity contribution in [2.75, 3.05) is 37.9 Å². The number of hydrogen-bond acceptors (Lipinski definition) is 4. The normalized spacial score (nSPS) is 9.82. The predicted octanol–water partition coefficient (Wildman–Crippen LogP) is 0.850. The Morgan fingerprint density at radius 1 is 1.53 bits per heavy atom. The maximum absolute atomic E-state index is 11.4. The van der Waals surface area contributed by atoms with Gasteiger partial charge in [-0.15, -0.1) is 0 Å². The maximum Gasteiger partial charge on any atom is 0.239 e. The van der Waals surface area contributed by atoms with Crippen LogP contribution in [0.15, 0.2) is 18.2 Å². The SMILES string of the molecule is CCN(CC(=O)NC)c1ccc(OC)cc1N. The molecule has 0 radical (unpaired) electrons. The molecule has 1 aromatic carbocycles. The first-order valence-electron chi connectivity index (χ1n) is 5.51. The van der Waals surface area contributed by atoms with Crippen molar-refractivity contribution in [3.8, 4) is 5.75 Å². The van der Waals surface area contributed by atoms with Gasteiger partial charge in [0.2, 0.25) is 5.91 Å². The van der Waals surface area contributed by atoms with Gasteiger partial charge >= 0.3 is 0 Å². The van der Waals surface area contributed by atoms with Gasteiger partial charge in [0.1, 0.15) is 5.75 Å². The zero-order chi connectivity index (χ0) is 12.8. The van der Waals surface area contributed by atoms with E-state index in [2.05, 4.69) is 5.32 Å². The summed E-state index contributed by atoms with van der Waals surface area (Å²) in [5.74, 6) is 0.671. The molecule has 3 N–H and O–H groups in total. The maximum atomic E-state index is 11.4. The van der Waals surface area contributed by atoms with Gasteiger partial charge < -0.3 is 20.7 Å². The van der Waals surface area contributed by atoms with E-state index >= 15 is 0 Å². The molecule has 5 nitrogen and oxygen atoms in total. The number of methoxy groups -OCH3 is 1. The summed E-state index contributed by atoms with van der Waals surface area (Å²) in [6.07, 6.45) is 0. The molecule has 1 rings (SSSR count). The van der Waals surface area contributed by atoms with Crippen LogP contribution in [0.2, 0.25) is 0 Å². The Morgan fingerprint density at radius 2 is 2.24 bits per heavy atom. The van der Waals surface area contributed by atoms with Crippen molar-refractivity contribution in [2.24, 2.45) is 0 Å². The highest BCUT2D eigenvalue weighted by Crippen LogP contribution is 2.27. The molecule has 1 amide bonds. The summed E-state index contributed by atoms with van der Waals surface area (Å²) in [6, 6.07) is 5.45. The third-order valence-electron chi connectivity index (χ3n) is 2.57. The minimum Gasteiger partial charge on any atom is -0.497 e. The molecule has 5 heteroatoms. The average molecular weight is 237 g/mol. The summed E-state index contributed by atoms with van der Waals surface area (Å²) < 4.78 is 5.09. The van der Waals surface area contributed by atoms with Crippen molar-refractivity contribution in [2.45, 2.75) is 6.92 Å². The largest absolute Gasteiger partial charge is 0.497 e. The van der Waals surface area contributed by atoms with Crippen LogP contribution in [0.3, 0.4) is 0 Å². The van der Waals surface area contributed by atoms with E-state index in [-0.39, 0.29) is 5.91 Å². The number of nitrogens with one attached hydrogen (secondary N) is 1. The summed E-state index contributed by atoms with van der Waals surface area (Å²) in [4.78, 5) is 13.3. The first-order chi connectivity index (χ1) is 8.12. The molecule has 0 atom stereocenters. The second-order valence-corrected chi connectivity index (χ2v) is 3.61. The molecule has 0 unspecified atom stereocenters. The standard InChI is InChI=1S/C12H19N3O2/c1-4-15(8-12(16)14-2)11-6-5-9(17-3)7-10(11)13/h5-7H,4,8,13H2,1-3H3,(H,14,16). The molecule has 0 aliphatic rings. The van der Waals surface area contributed by atoms with E-state index in [9.17, 15) is 4.79 Å². The van der Waals surface area contributed by atoms with E-state index in [4.69, 9.17) is 10.5 Å². The molecule has 0 heterocycles. The van der Waals surface area contributed by atoms with Crippen LogP contribution in [-0.4, -0.2) is 33.2 Å². The van der Waals surface area contributed by atoms with E-state index in [1.165, 1.54) is 0 Å². The molecule has 94 valence electrons. The van der Waals surface area contributed by atoms with Crippen molar-refractivity contribution < 1.29 is 9.53 Å². The summed E-state index contributed by atoms with van der Waals surface area (Å²) in [5, 5.41) is 2.60. The predicted molar refractivity (Wildman–Crippen MR) is 69.4 cm³/mol. The number of carbonyl (C=O) groups is 1. The van der Waals surface area contributed by atoms with Gasteiger partial charge in [0.25, 0.3) is 0 Å². The summed E-state index contributed by atoms with van der Waals surface area (Å²) in [7, 11) is 3.21. The fourth-order valence-corrected chi connectivity index (χ4v) is 1.57. The number of ether oxygens (including phenoxy) is 1. The molecule has 0 saturated heterocycles. The molecule has 0 bridgehead atoms. The molecule has 1 aromatic rings. The Kier molecular flexibility index (Phi) is 4.63. The molecule has 0 aromatic heterocycles. The van der Waals surface area contributed by atoms with Crippen LogP contribution < -0.4 is 20.7 Å². The van der Waals surface area contributed by atoms with Crippen molar-refractivity contribution in [3.63, 3.8) is 0 Å². The quantitative estimate of drug-likeness (QED) is 0.745. The zero-order valence-corrected chi connectivity index (χ0v) is 10.5. The average Bonchev–Trinajstić information content (AvgIpc) is 2.35. The summed E-state index contributed by atoms with van der Waals surface area (Å²) in [5.41, 5.74) is 7.39. The molecule has 0 fully saturated rings. The smallest absolute Gasteiger partial charge is 0.239 e. The molecular formula is C12H19N3O2. The second kappa shape index (κ2) is 5.98. The number of rotatable bonds is 5. The van der Waals surface area contributed by atoms with E-state index in [0.29, 0.717) is 24.5 Å². The van der Waals surface area contributed by atoms with E-state index in [0.717, 1.165) is 5.69 Å². The lowest BCUT2D eigenvalue weighted by molar-refractivity contribution is -0.119. The van der Waals surface area contributed by atoms with E-state index < -0.39 is 0 Å². The number of benzene rings is 1. The second-order valence-electron chi connectivity index (χ2n) is 3.61. The third-order valence-corrected chi connectivity index (χ3v) is 2.57. The van der Waals surface area contributed by atoms with Crippen LogP contribution in [0.4, 0.5) is 11.4 Å². The molecular weight excluding hydrogens is 218 g/mol. The number of carbonyl (C=O) groups excluding carboxylic acids is 1. The highest BCUT2D eigenvalue weighted by atomic mass is 16.5. The molecule has 0 aliphatic heterocycles. The number of amides is 1. The Balaban J connectivity index is 2.92. The minimum atomic E-state index is -0.0398. The highest BCUT2D eigenvalue weighted by Gasteiger charge is 2.11. The van der Waals surface area contributed by atoms with Gasteiger partial charge in [-0.25, -0.2) is 0 Å². The van der Waals surface area contributed by atoms with Crippen LogP contribution in [0, 0.1) is 0 Å². The van der Waals surface area contributed by atoms with Gasteiger partial charge in [-0.3, -0.25) is 4.79 Å². The fourth-order valence-electron chi connectivity index (χ4n) is 1.57. The number of nitrogen functional groups attached to an aromatic ring is 1. The number of anilines is 2. The topological polar surface area (TPSA) is 67.6 Å². The lowest BCUT2D eigenvalue weighted by Gasteiger charge is -2.23. The number of likely N-dealkylation sites (N-methyl/N-ethyl adjacent to an activating group) is 2. The first-order valence-corrected chi connectivity index (χ1v) is 5.51. The molecule has 0 spiro atoms. The van der Waals surface area contributed by atoms with Gasteiger partial charge in [0, 0.05) is 19.7 Å². The van der Waals surface area contributed by atoms with Crippen molar-refractivity contribution in [1.29, 1.82) is 0 Å². The number of nitrogens with zero attached hydrogens (tertiary/aromatic N) is 1. The van der Waals surface area contributed by atoms with Crippen LogP contribution in [0.5, 0.6) is 5.75 Å². The van der Waals surface area contributed by atoms with Gasteiger partial charge in [-0.05, 0) is 19.1 Å². The van der Waals surface area contributed by atoms with E-state index in [1.54, 1.807) is 20.2 Å². The van der Waals surface area contributed by atoms with Crippen LogP contribution in [-0.2, 0) is 4.79 Å². The summed E-state index contributed by atoms with van der Waals surface area (Å²) in [6.45, 7) is 2.99. The van der Waals surface area contributed by atoms with Crippen LogP contribution >= 0.6 is 0 Å². The first kappa shape index (κ1) is 13.2. The summed E-state index contributed by atoms with van der Waals surface area (Å²) >= 11 is 0. The number of hydrogen-bond donors (Lipinski definition) is 2. The van der Waals surface area contributed by atoms with Crippen LogP contribution in [0.1, 0.15) is 6.92 Å². The Hall–Kier alpha value is -1.91. The van der Waals surface area contributed by atoms with Gasteiger partial charge in [-0.1, -0.05) is 0 Å². The Morgan fingerprint density at radius 3 is 2.71 bits per heavy atom. The van der Waals surface area contributed by atoms with Crippen molar-refractivity contribution >= 4 is 17.3 Å². The van der Waals surface area contributed by atoms with Crippen molar-refractivity contribution in [3.05, 3.63) is 18.2 Å². The zero-order valence-electron chi connectivity index (χ0n) is 10.5. The van der Waals surface area contributed by atoms with Gasteiger partial charge in [0.15, 0.2) is 0 Å². The van der Waals surface area contributed by atoms with Gasteiger partial charge in [0.05, 0.1) is 25.0 Å². The highest BCUT2D eigenvalue weighted by molar-refractivity contribution is 5.83. The monoisotopic (exact) mass is 237 g/mol. The molecule has 17 heavy (non-hydrogen) atoms. The minimum absolute atomic E-state index is 0.0398. The van der Waals surface area contributed by atoms with E-state index in [1.807, 2.05) is 24.0 Å². The Labute approximate surface area is 102 Å². The Bertz CT molecular complexity index is 393. The lowest BCUT2D eigenvalue weighted by atomic mass is 10.2. The fraction of sp³-hybridized carbons (Fsp3) is 0.417. The molecule has 0 saturated carbocycles. The molecule has 0 aliphatic carbocycles. The lowest BCUT2D eigenvalue weighted by Crippen LogP contribution is -2.35. The van der Waals surface area contributed by atoms with Crippen LogP contribution in [0.25, 0.3) is 0 Å². The third kappa shape index (κ3) is 3.27. The van der Waals surface area contributed by atoms with Gasteiger partial charge in [-0.2, -0.15) is 0 Å². The number of nitrogens with two attached hydrogens (primary N) is 1.